The standard InChI is InChI=1S/C21H23N3O2S/c1-16(27-21-22-18-9-5-6-10-19(18)26-21)20(25)24-13-11-23(12-14-24)15-17-7-3-2-4-8-17/h2-10,16H,11-15H2,1H3/p+1/t16-/m0/s1. The van der Waals surface area contributed by atoms with Gasteiger partial charge < -0.3 is 14.2 Å². The van der Waals surface area contributed by atoms with Crippen molar-refractivity contribution in [1.29, 1.82) is 0 Å². The van der Waals surface area contributed by atoms with Gasteiger partial charge in [-0.15, -0.1) is 0 Å². The van der Waals surface area contributed by atoms with E-state index in [4.69, 9.17) is 4.42 Å². The number of hydrogen-bond acceptors (Lipinski definition) is 4. The average Bonchev–Trinajstić information content (AvgIpc) is 3.11. The molecule has 1 N–H and O–H groups in total. The average molecular weight is 383 g/mol. The van der Waals surface area contributed by atoms with Gasteiger partial charge in [-0.3, -0.25) is 4.79 Å². The van der Waals surface area contributed by atoms with E-state index < -0.39 is 0 Å². The molecule has 5 nitrogen and oxygen atoms in total. The monoisotopic (exact) mass is 382 g/mol. The minimum Gasteiger partial charge on any atom is -0.431 e. The zero-order chi connectivity index (χ0) is 18.6. The van der Waals surface area contributed by atoms with Crippen LogP contribution in [0.25, 0.3) is 11.1 Å². The summed E-state index contributed by atoms with van der Waals surface area (Å²) in [6.45, 7) is 6.54. The summed E-state index contributed by atoms with van der Waals surface area (Å²) in [6.07, 6.45) is 0. The van der Waals surface area contributed by atoms with Crippen LogP contribution >= 0.6 is 11.8 Å². The number of nitrogens with zero attached hydrogens (tertiary/aromatic N) is 2. The molecule has 2 heterocycles. The lowest BCUT2D eigenvalue weighted by atomic mass is 10.2. The molecule has 0 aliphatic carbocycles. The topological polar surface area (TPSA) is 50.8 Å². The molecule has 1 aliphatic rings. The van der Waals surface area contributed by atoms with Crippen molar-refractivity contribution in [2.45, 2.75) is 23.9 Å². The number of hydrogen-bond donors (Lipinski definition) is 1. The highest BCUT2D eigenvalue weighted by molar-refractivity contribution is 8.00. The van der Waals surface area contributed by atoms with Crippen LogP contribution in [0, 0.1) is 0 Å². The van der Waals surface area contributed by atoms with Crippen LogP contribution in [0.5, 0.6) is 0 Å². The van der Waals surface area contributed by atoms with Crippen LogP contribution in [0.4, 0.5) is 0 Å². The Labute approximate surface area is 163 Å². The molecule has 1 fully saturated rings. The number of rotatable bonds is 5. The van der Waals surface area contributed by atoms with Crippen molar-refractivity contribution in [2.75, 3.05) is 26.2 Å². The summed E-state index contributed by atoms with van der Waals surface area (Å²) in [5, 5.41) is 0.360. The Morgan fingerprint density at radius 2 is 1.85 bits per heavy atom. The van der Waals surface area contributed by atoms with Gasteiger partial charge >= 0.3 is 0 Å². The van der Waals surface area contributed by atoms with Crippen molar-refractivity contribution >= 4 is 28.8 Å². The van der Waals surface area contributed by atoms with Gasteiger partial charge in [0.05, 0.1) is 31.4 Å². The fourth-order valence-corrected chi connectivity index (χ4v) is 4.31. The maximum absolute atomic E-state index is 12.8. The van der Waals surface area contributed by atoms with Gasteiger partial charge in [0.15, 0.2) is 5.58 Å². The van der Waals surface area contributed by atoms with Crippen molar-refractivity contribution in [3.05, 3.63) is 60.2 Å². The smallest absolute Gasteiger partial charge is 0.257 e. The number of amides is 1. The van der Waals surface area contributed by atoms with Crippen LogP contribution in [-0.2, 0) is 11.3 Å². The summed E-state index contributed by atoms with van der Waals surface area (Å²) in [5.74, 6) is 0.168. The first kappa shape index (κ1) is 18.1. The van der Waals surface area contributed by atoms with E-state index in [1.54, 1.807) is 0 Å². The predicted octanol–water partition coefficient (Wildman–Crippen LogP) is 2.24. The van der Waals surface area contributed by atoms with Crippen molar-refractivity contribution < 1.29 is 14.1 Å². The van der Waals surface area contributed by atoms with Crippen LogP contribution in [0.1, 0.15) is 12.5 Å². The van der Waals surface area contributed by atoms with Crippen LogP contribution in [0.2, 0.25) is 0 Å². The van der Waals surface area contributed by atoms with Gasteiger partial charge in [-0.05, 0) is 19.1 Å². The number of fused-ring (bicyclic) bond motifs is 1. The van der Waals surface area contributed by atoms with Gasteiger partial charge in [0.25, 0.3) is 5.22 Å². The second kappa shape index (κ2) is 8.15. The number of para-hydroxylation sites is 2. The fourth-order valence-electron chi connectivity index (χ4n) is 3.46. The predicted molar refractivity (Wildman–Crippen MR) is 107 cm³/mol. The summed E-state index contributed by atoms with van der Waals surface area (Å²) >= 11 is 1.40. The van der Waals surface area contributed by atoms with E-state index in [2.05, 4.69) is 29.2 Å². The van der Waals surface area contributed by atoms with Gasteiger partial charge in [0.1, 0.15) is 12.1 Å². The Morgan fingerprint density at radius 1 is 1.15 bits per heavy atom. The first-order valence-corrected chi connectivity index (χ1v) is 10.3. The first-order valence-electron chi connectivity index (χ1n) is 9.37. The lowest BCUT2D eigenvalue weighted by molar-refractivity contribution is -0.917. The van der Waals surface area contributed by atoms with E-state index in [1.165, 1.54) is 22.2 Å². The highest BCUT2D eigenvalue weighted by Gasteiger charge is 2.28. The van der Waals surface area contributed by atoms with Gasteiger partial charge in [-0.25, -0.2) is 4.98 Å². The Balaban J connectivity index is 1.30. The summed E-state index contributed by atoms with van der Waals surface area (Å²) in [6, 6.07) is 18.2. The molecule has 1 aliphatic heterocycles. The number of carbonyl (C=O) groups excluding carboxylic acids is 1. The van der Waals surface area contributed by atoms with Gasteiger partial charge in [-0.2, -0.15) is 0 Å². The second-order valence-corrected chi connectivity index (χ2v) is 8.24. The quantitative estimate of drug-likeness (QED) is 0.688. The molecule has 3 aromatic rings. The SMILES string of the molecule is C[C@H](Sc1nc2ccccc2o1)C(=O)N1CC[NH+](Cc2ccccc2)CC1. The second-order valence-electron chi connectivity index (χ2n) is 6.95. The maximum Gasteiger partial charge on any atom is 0.257 e. The van der Waals surface area contributed by atoms with Crippen molar-refractivity contribution in [2.24, 2.45) is 0 Å². The number of quaternary nitrogens is 1. The molecule has 6 heteroatoms. The normalized spacial score (nSPS) is 16.6. The van der Waals surface area contributed by atoms with E-state index in [1.807, 2.05) is 42.2 Å². The lowest BCUT2D eigenvalue weighted by Crippen LogP contribution is -3.13. The molecule has 0 unspecified atom stereocenters. The van der Waals surface area contributed by atoms with Crippen LogP contribution in [-0.4, -0.2) is 47.2 Å². The van der Waals surface area contributed by atoms with E-state index in [-0.39, 0.29) is 11.2 Å². The number of nitrogens with one attached hydrogen (secondary N) is 1. The maximum atomic E-state index is 12.8. The Bertz CT molecular complexity index is 871. The molecule has 0 spiro atoms. The Kier molecular flexibility index (Phi) is 5.45. The molecule has 0 radical (unpaired) electrons. The third kappa shape index (κ3) is 4.34. The molecule has 1 saturated heterocycles. The lowest BCUT2D eigenvalue weighted by Gasteiger charge is -2.33. The van der Waals surface area contributed by atoms with Gasteiger partial charge in [0, 0.05) is 5.56 Å². The number of carbonyl (C=O) groups is 1. The minimum absolute atomic E-state index is 0.168. The number of aromatic nitrogens is 1. The zero-order valence-electron chi connectivity index (χ0n) is 15.4. The largest absolute Gasteiger partial charge is 0.431 e. The molecule has 2 aromatic carbocycles. The third-order valence-electron chi connectivity index (χ3n) is 4.98. The van der Waals surface area contributed by atoms with Crippen LogP contribution in [0.15, 0.2) is 64.2 Å². The number of benzene rings is 2. The van der Waals surface area contributed by atoms with Crippen LogP contribution in [0.3, 0.4) is 0 Å². The third-order valence-corrected chi connectivity index (χ3v) is 5.91. The molecule has 4 rings (SSSR count). The Hall–Kier alpha value is -2.31. The molecule has 0 bridgehead atoms. The minimum atomic E-state index is -0.200. The first-order chi connectivity index (χ1) is 13.2. The van der Waals surface area contributed by atoms with Crippen LogP contribution < -0.4 is 4.90 Å². The summed E-state index contributed by atoms with van der Waals surface area (Å²) < 4.78 is 5.74. The highest BCUT2D eigenvalue weighted by atomic mass is 32.2. The molecular weight excluding hydrogens is 358 g/mol. The van der Waals surface area contributed by atoms with E-state index in [0.717, 1.165) is 43.8 Å². The number of thioether (sulfide) groups is 1. The fraction of sp³-hybridized carbons (Fsp3) is 0.333. The molecule has 27 heavy (non-hydrogen) atoms. The summed E-state index contributed by atoms with van der Waals surface area (Å²) in [5.41, 5.74) is 2.95. The summed E-state index contributed by atoms with van der Waals surface area (Å²) in [4.78, 5) is 20.8. The molecule has 140 valence electrons. The van der Waals surface area contributed by atoms with E-state index in [0.29, 0.717) is 5.22 Å². The van der Waals surface area contributed by atoms with Gasteiger partial charge in [-0.1, -0.05) is 54.2 Å². The molecule has 0 saturated carbocycles. The van der Waals surface area contributed by atoms with Crippen molar-refractivity contribution in [1.82, 2.24) is 9.88 Å². The number of oxazole rings is 1. The zero-order valence-corrected chi connectivity index (χ0v) is 16.2. The molecule has 1 atom stereocenters. The molecular formula is C21H24N3O2S+. The highest BCUT2D eigenvalue weighted by Crippen LogP contribution is 2.27. The van der Waals surface area contributed by atoms with E-state index >= 15 is 0 Å². The van der Waals surface area contributed by atoms with Gasteiger partial charge in [0.2, 0.25) is 5.91 Å². The van der Waals surface area contributed by atoms with Crippen molar-refractivity contribution in [3.8, 4) is 0 Å². The Morgan fingerprint density at radius 3 is 2.59 bits per heavy atom. The summed E-state index contributed by atoms with van der Waals surface area (Å²) in [7, 11) is 0. The van der Waals surface area contributed by atoms with E-state index in [9.17, 15) is 4.79 Å². The molecule has 1 aromatic heterocycles. The molecule has 1 amide bonds. The number of piperazine rings is 1. The van der Waals surface area contributed by atoms with Crippen molar-refractivity contribution in [3.63, 3.8) is 0 Å².